The van der Waals surface area contributed by atoms with E-state index in [2.05, 4.69) is 4.99 Å². The number of quaternary nitrogens is 1. The number of likely N-dealkylation sites (N-methyl/N-ethyl adjacent to an activating group) is 2. The molecule has 1 amide bonds. The minimum absolute atomic E-state index is 0.0801. The van der Waals surface area contributed by atoms with Crippen LogP contribution in [0.1, 0.15) is 17.0 Å². The summed E-state index contributed by atoms with van der Waals surface area (Å²) in [6.07, 6.45) is 4.13. The highest BCUT2D eigenvalue weighted by atomic mass is 35.5. The summed E-state index contributed by atoms with van der Waals surface area (Å²) in [6.45, 7) is 1.50. The Hall–Kier alpha value is -3.95. The van der Waals surface area contributed by atoms with Gasteiger partial charge in [0.05, 0.1) is 31.0 Å². The summed E-state index contributed by atoms with van der Waals surface area (Å²) in [7, 11) is 5.87. The molecule has 2 aliphatic heterocycles. The fourth-order valence-electron chi connectivity index (χ4n) is 6.00. The molecule has 0 radical (unpaired) electrons. The predicted octanol–water partition coefficient (Wildman–Crippen LogP) is 4.24. The normalized spacial score (nSPS) is 22.4. The largest absolute Gasteiger partial charge is 0.398 e. The van der Waals surface area contributed by atoms with E-state index in [0.717, 1.165) is 21.9 Å². The number of amides is 1. The lowest BCUT2D eigenvalue weighted by Gasteiger charge is -2.36. The Bertz CT molecular complexity index is 1510. The molecule has 3 aromatic rings. The maximum atomic E-state index is 13.6. The highest BCUT2D eigenvalue weighted by Gasteiger charge is 2.56. The van der Waals surface area contributed by atoms with Crippen LogP contribution in [0.4, 0.5) is 11.4 Å². The monoisotopic (exact) mass is 561 g/mol. The highest BCUT2D eigenvalue weighted by molar-refractivity contribution is 6.19. The van der Waals surface area contributed by atoms with E-state index in [4.69, 9.17) is 17.3 Å². The van der Waals surface area contributed by atoms with Gasteiger partial charge in [-0.25, -0.2) is 0 Å². The van der Waals surface area contributed by atoms with Gasteiger partial charge in [0.1, 0.15) is 13.1 Å². The first-order valence-corrected chi connectivity index (χ1v) is 13.8. The summed E-state index contributed by atoms with van der Waals surface area (Å²) in [5, 5.41) is 14.5. The minimum Gasteiger partial charge on any atom is -0.398 e. The molecule has 208 valence electrons. The van der Waals surface area contributed by atoms with Crippen molar-refractivity contribution < 1.29 is 14.2 Å². The fraction of sp³-hybridized carbons (Fsp3) is 0.333. The van der Waals surface area contributed by atoms with Gasteiger partial charge in [-0.2, -0.15) is 4.99 Å². The van der Waals surface area contributed by atoms with Gasteiger partial charge < -0.3 is 20.0 Å². The molecule has 0 saturated carbocycles. The van der Waals surface area contributed by atoms with E-state index in [-0.39, 0.29) is 11.8 Å². The third-order valence-corrected chi connectivity index (χ3v) is 8.34. The zero-order valence-electron chi connectivity index (χ0n) is 22.9. The number of anilines is 2. The van der Waals surface area contributed by atoms with Crippen LogP contribution in [0, 0.1) is 10.1 Å². The second kappa shape index (κ2) is 10.6. The fourth-order valence-corrected chi connectivity index (χ4v) is 6.25. The van der Waals surface area contributed by atoms with Crippen LogP contribution < -0.4 is 10.6 Å². The van der Waals surface area contributed by atoms with Crippen molar-refractivity contribution in [2.45, 2.75) is 24.2 Å². The SMILES string of the molecule is CN1C=NC(/C=C/C(=O)N2CC(CCl)c3c2cc(N)c2ccccc32)([N+](=O)[O-])C1C[N+](C)(C)Cc1ccccc1. The van der Waals surface area contributed by atoms with Gasteiger partial charge in [0.15, 0.2) is 6.04 Å². The number of carbonyl (C=O) groups excluding carboxylic acids is 1. The van der Waals surface area contributed by atoms with Gasteiger partial charge in [-0.1, -0.05) is 54.6 Å². The highest BCUT2D eigenvalue weighted by Crippen LogP contribution is 2.44. The molecule has 0 spiro atoms. The summed E-state index contributed by atoms with van der Waals surface area (Å²) in [4.78, 5) is 33.5. The predicted molar refractivity (Wildman–Crippen MR) is 160 cm³/mol. The summed E-state index contributed by atoms with van der Waals surface area (Å²) < 4.78 is 0.503. The summed E-state index contributed by atoms with van der Waals surface area (Å²) in [5.74, 6) is -0.117. The van der Waals surface area contributed by atoms with Crippen LogP contribution in [0.25, 0.3) is 10.8 Å². The lowest BCUT2D eigenvalue weighted by molar-refractivity contribution is -0.907. The van der Waals surface area contributed by atoms with Gasteiger partial charge in [0, 0.05) is 54.2 Å². The number of benzene rings is 3. The Morgan fingerprint density at radius 2 is 1.88 bits per heavy atom. The zero-order chi connectivity index (χ0) is 28.7. The molecular formula is C30H34ClN6O3+. The smallest absolute Gasteiger partial charge is 0.359 e. The Kier molecular flexibility index (Phi) is 7.29. The Morgan fingerprint density at radius 3 is 2.55 bits per heavy atom. The summed E-state index contributed by atoms with van der Waals surface area (Å²) in [5.41, 5.74) is 7.92. The molecule has 3 unspecified atom stereocenters. The number of fused-ring (bicyclic) bond motifs is 3. The number of hydrogen-bond acceptors (Lipinski definition) is 6. The molecule has 5 rings (SSSR count). The first-order valence-electron chi connectivity index (χ1n) is 13.2. The lowest BCUT2D eigenvalue weighted by Crippen LogP contribution is -2.58. The van der Waals surface area contributed by atoms with Gasteiger partial charge in [0.25, 0.3) is 5.91 Å². The maximum absolute atomic E-state index is 13.6. The third-order valence-electron chi connectivity index (χ3n) is 7.96. The van der Waals surface area contributed by atoms with Crippen molar-refractivity contribution in [1.29, 1.82) is 0 Å². The number of aliphatic imine (C=N–C) groups is 1. The van der Waals surface area contributed by atoms with Crippen molar-refractivity contribution in [3.05, 3.63) is 94.1 Å². The van der Waals surface area contributed by atoms with Crippen molar-refractivity contribution in [3.63, 3.8) is 0 Å². The lowest BCUT2D eigenvalue weighted by atomic mass is 9.95. The van der Waals surface area contributed by atoms with E-state index in [1.165, 1.54) is 18.5 Å². The second-order valence-corrected chi connectivity index (χ2v) is 11.6. The number of nitro groups is 1. The van der Waals surface area contributed by atoms with Gasteiger partial charge in [-0.15, -0.1) is 11.6 Å². The molecule has 3 aromatic carbocycles. The topological polar surface area (TPSA) is 105 Å². The number of rotatable bonds is 8. The van der Waals surface area contributed by atoms with Crippen molar-refractivity contribution >= 4 is 46.0 Å². The van der Waals surface area contributed by atoms with Crippen molar-refractivity contribution in [3.8, 4) is 0 Å². The van der Waals surface area contributed by atoms with Crippen LogP contribution in [-0.4, -0.2) is 78.4 Å². The minimum atomic E-state index is -1.80. The number of nitrogens with two attached hydrogens (primary N) is 1. The van der Waals surface area contributed by atoms with E-state index in [1.54, 1.807) is 22.9 Å². The quantitative estimate of drug-likeness (QED) is 0.111. The van der Waals surface area contributed by atoms with E-state index >= 15 is 0 Å². The molecule has 3 atom stereocenters. The molecule has 2 N–H and O–H groups in total. The van der Waals surface area contributed by atoms with E-state index < -0.39 is 16.6 Å². The van der Waals surface area contributed by atoms with Crippen LogP contribution in [0.2, 0.25) is 0 Å². The molecule has 0 aromatic heterocycles. The van der Waals surface area contributed by atoms with E-state index in [9.17, 15) is 14.9 Å². The first-order chi connectivity index (χ1) is 19.1. The first kappa shape index (κ1) is 27.6. The second-order valence-electron chi connectivity index (χ2n) is 11.3. The standard InChI is InChI=1S/C30H34ClN6O3/c1-34-20-33-30(36(39)40,27(34)19-37(2,3)18-21-9-5-4-6-10-21)14-13-28(38)35-17-22(16-31)29-24-12-8-7-11-23(24)25(32)15-26(29)35/h4-15,20,22,27H,16-19,32H2,1-3H3/q+1/b14-13+. The van der Waals surface area contributed by atoms with Gasteiger partial charge in [-0.3, -0.25) is 14.9 Å². The van der Waals surface area contributed by atoms with E-state index in [1.807, 2.05) is 68.7 Å². The molecule has 0 bridgehead atoms. The number of nitrogen functional groups attached to an aromatic ring is 1. The number of alkyl halides is 1. The molecule has 2 heterocycles. The molecule has 9 nitrogen and oxygen atoms in total. The van der Waals surface area contributed by atoms with Gasteiger partial charge in [-0.05, 0) is 17.0 Å². The number of halogens is 1. The van der Waals surface area contributed by atoms with Crippen LogP contribution in [0.3, 0.4) is 0 Å². The van der Waals surface area contributed by atoms with Crippen LogP contribution in [0.5, 0.6) is 0 Å². The Morgan fingerprint density at radius 1 is 1.20 bits per heavy atom. The number of carbonyl (C=O) groups is 1. The van der Waals surface area contributed by atoms with Crippen LogP contribution >= 0.6 is 11.6 Å². The zero-order valence-corrected chi connectivity index (χ0v) is 23.7. The Balaban J connectivity index is 1.44. The average Bonchev–Trinajstić information content (AvgIpc) is 3.45. The number of nitrogens with zero attached hydrogens (tertiary/aromatic N) is 5. The molecule has 10 heteroatoms. The number of hydrogen-bond donors (Lipinski definition) is 1. The van der Waals surface area contributed by atoms with Crippen LogP contribution in [0.15, 0.2) is 77.8 Å². The summed E-state index contributed by atoms with van der Waals surface area (Å²) >= 11 is 6.34. The van der Waals surface area contributed by atoms with Crippen molar-refractivity contribution in [1.82, 2.24) is 4.90 Å². The van der Waals surface area contributed by atoms with Crippen molar-refractivity contribution in [2.24, 2.45) is 4.99 Å². The average molecular weight is 562 g/mol. The summed E-state index contributed by atoms with van der Waals surface area (Å²) in [6, 6.07) is 19.0. The molecule has 0 fully saturated rings. The molecule has 0 saturated heterocycles. The van der Waals surface area contributed by atoms with Gasteiger partial charge >= 0.3 is 5.66 Å². The third kappa shape index (κ3) is 4.91. The van der Waals surface area contributed by atoms with Crippen LogP contribution in [-0.2, 0) is 11.3 Å². The van der Waals surface area contributed by atoms with Gasteiger partial charge in [0.2, 0.25) is 0 Å². The molecule has 0 aliphatic carbocycles. The Labute approximate surface area is 238 Å². The maximum Gasteiger partial charge on any atom is 0.359 e. The molecular weight excluding hydrogens is 528 g/mol. The molecule has 2 aliphatic rings. The molecule has 40 heavy (non-hydrogen) atoms. The van der Waals surface area contributed by atoms with E-state index in [0.29, 0.717) is 41.4 Å². The van der Waals surface area contributed by atoms with Crippen molar-refractivity contribution in [2.75, 3.05) is 50.7 Å².